The van der Waals surface area contributed by atoms with Gasteiger partial charge in [-0.1, -0.05) is 0 Å². The number of aromatic amines is 1. The number of nitrogens with zero attached hydrogens (tertiary/aromatic N) is 4. The molecule has 0 bridgehead atoms. The molecule has 4 rings (SSSR count). The van der Waals surface area contributed by atoms with Crippen molar-refractivity contribution in [1.29, 1.82) is 0 Å². The highest BCUT2D eigenvalue weighted by Crippen LogP contribution is 2.33. The van der Waals surface area contributed by atoms with Crippen LogP contribution in [0.5, 0.6) is 5.75 Å². The molecule has 0 fully saturated rings. The molecule has 4 aromatic rings. The lowest BCUT2D eigenvalue weighted by molar-refractivity contribution is -0.140. The molecule has 3 heterocycles. The Balaban J connectivity index is 1.51. The first-order chi connectivity index (χ1) is 18.6. The molecule has 2 N–H and O–H groups in total. The number of aliphatic hydroxyl groups is 1. The van der Waals surface area contributed by atoms with Crippen LogP contribution in [0.15, 0.2) is 52.6 Å². The number of H-pyrrole nitrogens is 1. The summed E-state index contributed by atoms with van der Waals surface area (Å²) in [6.45, 7) is 1.00. The summed E-state index contributed by atoms with van der Waals surface area (Å²) < 4.78 is 98.9. The van der Waals surface area contributed by atoms with Gasteiger partial charge in [0.15, 0.2) is 17.1 Å². The SMILES string of the molecule is CC(CC(O)Cn1ccc2cc(-c3ncc(C(F)(F)F)cn3)c(F)cc2c1=O)Oc1cn[nH]c(=O)c1C(F)(F)F. The van der Waals surface area contributed by atoms with E-state index in [0.717, 1.165) is 10.6 Å². The fourth-order valence-electron chi connectivity index (χ4n) is 3.92. The molecular formula is C24H18F7N5O4. The summed E-state index contributed by atoms with van der Waals surface area (Å²) in [6.07, 6.45) is -9.33. The first kappa shape index (κ1) is 28.7. The lowest BCUT2D eigenvalue weighted by Crippen LogP contribution is -2.31. The maximum Gasteiger partial charge on any atom is 0.425 e. The number of ether oxygens (including phenoxy) is 1. The van der Waals surface area contributed by atoms with Crippen LogP contribution in [0.2, 0.25) is 0 Å². The minimum Gasteiger partial charge on any atom is -0.488 e. The summed E-state index contributed by atoms with van der Waals surface area (Å²) in [7, 11) is 0. The highest BCUT2D eigenvalue weighted by Gasteiger charge is 2.38. The zero-order valence-corrected chi connectivity index (χ0v) is 20.2. The van der Waals surface area contributed by atoms with E-state index in [0.29, 0.717) is 18.6 Å². The smallest absolute Gasteiger partial charge is 0.425 e. The molecule has 40 heavy (non-hydrogen) atoms. The number of rotatable bonds is 7. The molecule has 0 saturated heterocycles. The van der Waals surface area contributed by atoms with Gasteiger partial charge >= 0.3 is 12.4 Å². The van der Waals surface area contributed by atoms with Crippen molar-refractivity contribution in [2.45, 2.75) is 44.4 Å². The van der Waals surface area contributed by atoms with Gasteiger partial charge in [-0.25, -0.2) is 19.5 Å². The monoisotopic (exact) mass is 573 g/mol. The molecular weight excluding hydrogens is 555 g/mol. The van der Waals surface area contributed by atoms with Crippen molar-refractivity contribution in [2.24, 2.45) is 0 Å². The summed E-state index contributed by atoms with van der Waals surface area (Å²) in [5.41, 5.74) is -5.16. The Bertz CT molecular complexity index is 1650. The van der Waals surface area contributed by atoms with Crippen molar-refractivity contribution in [2.75, 3.05) is 0 Å². The molecule has 0 spiro atoms. The van der Waals surface area contributed by atoms with Crippen LogP contribution in [-0.2, 0) is 18.9 Å². The van der Waals surface area contributed by atoms with Crippen LogP contribution in [0.25, 0.3) is 22.2 Å². The van der Waals surface area contributed by atoms with Crippen molar-refractivity contribution in [1.82, 2.24) is 24.7 Å². The third-order valence-electron chi connectivity index (χ3n) is 5.73. The molecule has 0 saturated carbocycles. The van der Waals surface area contributed by atoms with Gasteiger partial charge in [0.2, 0.25) is 0 Å². The zero-order valence-electron chi connectivity index (χ0n) is 20.2. The number of benzene rings is 1. The van der Waals surface area contributed by atoms with E-state index in [4.69, 9.17) is 4.74 Å². The van der Waals surface area contributed by atoms with Crippen LogP contribution >= 0.6 is 0 Å². The van der Waals surface area contributed by atoms with Gasteiger partial charge in [0.1, 0.15) is 5.82 Å². The Morgan fingerprint density at radius 3 is 2.35 bits per heavy atom. The molecule has 2 atom stereocenters. The minimum absolute atomic E-state index is 0.114. The van der Waals surface area contributed by atoms with Gasteiger partial charge in [0, 0.05) is 25.0 Å². The molecule has 0 aliphatic heterocycles. The van der Waals surface area contributed by atoms with Crippen molar-refractivity contribution in [3.8, 4) is 17.1 Å². The first-order valence-corrected chi connectivity index (χ1v) is 11.4. The molecule has 3 aromatic heterocycles. The first-order valence-electron chi connectivity index (χ1n) is 11.4. The van der Waals surface area contributed by atoms with Gasteiger partial charge in [-0.3, -0.25) is 9.59 Å². The minimum atomic E-state index is -5.02. The number of fused-ring (bicyclic) bond motifs is 1. The second kappa shape index (κ2) is 10.7. The molecule has 16 heteroatoms. The van der Waals surface area contributed by atoms with Crippen molar-refractivity contribution in [3.05, 3.63) is 80.6 Å². The summed E-state index contributed by atoms with van der Waals surface area (Å²) in [5.74, 6) is -2.14. The van der Waals surface area contributed by atoms with E-state index in [1.807, 2.05) is 0 Å². The number of hydrogen-bond donors (Lipinski definition) is 2. The lowest BCUT2D eigenvalue weighted by atomic mass is 10.1. The van der Waals surface area contributed by atoms with Crippen LogP contribution in [0.4, 0.5) is 30.7 Å². The van der Waals surface area contributed by atoms with E-state index in [1.165, 1.54) is 25.3 Å². The van der Waals surface area contributed by atoms with Gasteiger partial charge in [-0.15, -0.1) is 0 Å². The largest absolute Gasteiger partial charge is 0.488 e. The van der Waals surface area contributed by atoms with E-state index >= 15 is 0 Å². The standard InChI is InChI=1S/C24H18F7N5O4/c1-11(40-18-9-34-35-21(38)19(18)24(29,30)31)4-14(37)10-36-3-2-12-5-16(17(25)6-15(12)22(36)39)20-32-7-13(8-33-20)23(26,27)28/h2-3,5-9,11,14,37H,4,10H2,1H3,(H,35,38). The highest BCUT2D eigenvalue weighted by atomic mass is 19.4. The van der Waals surface area contributed by atoms with Crippen molar-refractivity contribution in [3.63, 3.8) is 0 Å². The number of hydrogen-bond acceptors (Lipinski definition) is 7. The summed E-state index contributed by atoms with van der Waals surface area (Å²) in [5, 5.41) is 15.5. The van der Waals surface area contributed by atoms with Crippen molar-refractivity contribution < 1.29 is 40.6 Å². The fraction of sp³-hybridized carbons (Fsp3) is 0.292. The van der Waals surface area contributed by atoms with Gasteiger partial charge in [-0.05, 0) is 30.5 Å². The molecule has 1 aromatic carbocycles. The molecule has 0 aliphatic rings. The van der Waals surface area contributed by atoms with E-state index in [1.54, 1.807) is 5.10 Å². The summed E-state index contributed by atoms with van der Waals surface area (Å²) in [6, 6.07) is 3.45. The van der Waals surface area contributed by atoms with Crippen LogP contribution in [0, 0.1) is 5.82 Å². The highest BCUT2D eigenvalue weighted by molar-refractivity contribution is 5.85. The topological polar surface area (TPSA) is 123 Å². The van der Waals surface area contributed by atoms with Crippen LogP contribution < -0.4 is 15.9 Å². The van der Waals surface area contributed by atoms with E-state index < -0.39 is 58.4 Å². The zero-order chi connectivity index (χ0) is 29.4. The molecule has 2 unspecified atom stereocenters. The van der Waals surface area contributed by atoms with Gasteiger partial charge in [-0.2, -0.15) is 31.4 Å². The van der Waals surface area contributed by atoms with Crippen molar-refractivity contribution >= 4 is 10.8 Å². The van der Waals surface area contributed by atoms with Gasteiger partial charge < -0.3 is 14.4 Å². The average molecular weight is 573 g/mol. The lowest BCUT2D eigenvalue weighted by Gasteiger charge is -2.20. The van der Waals surface area contributed by atoms with Crippen LogP contribution in [0.1, 0.15) is 24.5 Å². The molecule has 0 amide bonds. The van der Waals surface area contributed by atoms with Gasteiger partial charge in [0.05, 0.1) is 41.5 Å². The Hall–Kier alpha value is -4.34. The third-order valence-corrected chi connectivity index (χ3v) is 5.73. The second-order valence-corrected chi connectivity index (χ2v) is 8.74. The average Bonchev–Trinajstić information content (AvgIpc) is 2.84. The van der Waals surface area contributed by atoms with Crippen LogP contribution in [-0.4, -0.2) is 42.0 Å². The Labute approximate surface area is 218 Å². The number of halogens is 7. The predicted molar refractivity (Wildman–Crippen MR) is 125 cm³/mol. The molecule has 0 aliphatic carbocycles. The quantitative estimate of drug-likeness (QED) is 0.321. The molecule has 212 valence electrons. The number of aromatic nitrogens is 5. The number of nitrogens with one attached hydrogen (secondary N) is 1. The van der Waals surface area contributed by atoms with E-state index in [9.17, 15) is 45.4 Å². The third kappa shape index (κ3) is 6.11. The van der Waals surface area contributed by atoms with Crippen LogP contribution in [0.3, 0.4) is 0 Å². The maximum absolute atomic E-state index is 14.8. The summed E-state index contributed by atoms with van der Waals surface area (Å²) in [4.78, 5) is 31.6. The predicted octanol–water partition coefficient (Wildman–Crippen LogP) is 3.94. The normalized spacial score (nSPS) is 13.8. The summed E-state index contributed by atoms with van der Waals surface area (Å²) >= 11 is 0. The second-order valence-electron chi connectivity index (χ2n) is 8.74. The van der Waals surface area contributed by atoms with Gasteiger partial charge in [0.25, 0.3) is 11.1 Å². The number of aliphatic hydroxyl groups excluding tert-OH is 1. The fourth-order valence-corrected chi connectivity index (χ4v) is 3.92. The Morgan fingerprint density at radius 1 is 1.05 bits per heavy atom. The van der Waals surface area contributed by atoms with E-state index in [-0.39, 0.29) is 35.1 Å². The maximum atomic E-state index is 14.8. The molecule has 9 nitrogen and oxygen atoms in total. The Kier molecular flexibility index (Phi) is 7.65. The molecule has 0 radical (unpaired) electrons. The number of alkyl halides is 6. The van der Waals surface area contributed by atoms with E-state index in [2.05, 4.69) is 15.1 Å². The number of pyridine rings is 1. The Morgan fingerprint density at radius 2 is 1.73 bits per heavy atom.